The Hall–Kier alpha value is -2.06. The zero-order valence-corrected chi connectivity index (χ0v) is 15.8. The second kappa shape index (κ2) is 6.68. The van der Waals surface area contributed by atoms with E-state index in [1.165, 1.54) is 7.05 Å². The average Bonchev–Trinajstić information content (AvgIpc) is 2.43. The van der Waals surface area contributed by atoms with Gasteiger partial charge in [0.25, 0.3) is 5.91 Å². The van der Waals surface area contributed by atoms with Crippen LogP contribution in [0.25, 0.3) is 0 Å². The third-order valence-electron chi connectivity index (χ3n) is 4.03. The van der Waals surface area contributed by atoms with Gasteiger partial charge in [-0.15, -0.1) is 0 Å². The highest BCUT2D eigenvalue weighted by Gasteiger charge is 2.32. The van der Waals surface area contributed by atoms with Crippen LogP contribution in [0.4, 0.5) is 0 Å². The van der Waals surface area contributed by atoms with E-state index in [0.717, 1.165) is 16.1 Å². The summed E-state index contributed by atoms with van der Waals surface area (Å²) < 4.78 is 23.7. The van der Waals surface area contributed by atoms with Crippen LogP contribution in [0.3, 0.4) is 0 Å². The number of rotatable bonds is 3. The van der Waals surface area contributed by atoms with E-state index in [1.807, 2.05) is 26.8 Å². The summed E-state index contributed by atoms with van der Waals surface area (Å²) in [6.07, 6.45) is 7.89. The van der Waals surface area contributed by atoms with Crippen LogP contribution in [0, 0.1) is 11.3 Å². The van der Waals surface area contributed by atoms with E-state index in [0.29, 0.717) is 11.4 Å². The summed E-state index contributed by atoms with van der Waals surface area (Å²) in [7, 11) is -2.12. The minimum atomic E-state index is -3.44. The van der Waals surface area contributed by atoms with Gasteiger partial charge in [-0.25, -0.2) is 13.4 Å². The van der Waals surface area contributed by atoms with E-state index in [4.69, 9.17) is 0 Å². The summed E-state index contributed by atoms with van der Waals surface area (Å²) >= 11 is 0. The van der Waals surface area contributed by atoms with Gasteiger partial charge >= 0.3 is 0 Å². The molecule has 1 atom stereocenters. The van der Waals surface area contributed by atoms with E-state index in [2.05, 4.69) is 10.3 Å². The van der Waals surface area contributed by atoms with Crippen molar-refractivity contribution in [2.75, 3.05) is 19.8 Å². The van der Waals surface area contributed by atoms with Crippen LogP contribution in [0.5, 0.6) is 0 Å². The molecule has 2 rings (SSSR count). The Kier molecular flexibility index (Phi) is 5.15. The Balaban J connectivity index is 2.23. The Morgan fingerprint density at radius 3 is 2.52 bits per heavy atom. The van der Waals surface area contributed by atoms with Crippen LogP contribution in [0.15, 0.2) is 40.6 Å². The van der Waals surface area contributed by atoms with Crippen molar-refractivity contribution in [1.29, 1.82) is 0 Å². The molecule has 0 radical (unpaired) electrons. The minimum Gasteiger partial charge on any atom is -0.325 e. The molecule has 1 heterocycles. The molecule has 0 fully saturated rings. The van der Waals surface area contributed by atoms with Crippen molar-refractivity contribution in [2.45, 2.75) is 20.8 Å². The average molecular weight is 365 g/mol. The van der Waals surface area contributed by atoms with Crippen molar-refractivity contribution in [1.82, 2.24) is 9.62 Å². The van der Waals surface area contributed by atoms with Crippen LogP contribution in [0.2, 0.25) is 0 Å². The summed E-state index contributed by atoms with van der Waals surface area (Å²) in [6, 6.07) is 0. The highest BCUT2D eigenvalue weighted by Crippen LogP contribution is 2.38. The molecule has 1 unspecified atom stereocenters. The molecule has 0 aromatic heterocycles. The number of aliphatic imine (C=N–C) groups is 1. The van der Waals surface area contributed by atoms with Crippen LogP contribution in [0.1, 0.15) is 20.8 Å². The number of hydrogen-bond acceptors (Lipinski definition) is 4. The fourth-order valence-corrected chi connectivity index (χ4v) is 2.97. The first-order chi connectivity index (χ1) is 11.4. The number of nitrogens with zero attached hydrogens (tertiary/aromatic N) is 2. The Bertz CT molecular complexity index is 826. The van der Waals surface area contributed by atoms with Crippen molar-refractivity contribution in [3.8, 4) is 0 Å². The molecule has 1 aliphatic carbocycles. The summed E-state index contributed by atoms with van der Waals surface area (Å²) in [5.41, 5.74) is 1.87. The highest BCUT2D eigenvalue weighted by atomic mass is 32.2. The minimum absolute atomic E-state index is 0.0644. The predicted octanol–water partition coefficient (Wildman–Crippen LogP) is 1.02. The maximum Gasteiger partial charge on any atom is 0.261 e. The molecule has 25 heavy (non-hydrogen) atoms. The molecular weight excluding hydrogens is 342 g/mol. The molecule has 0 aromatic carbocycles. The smallest absolute Gasteiger partial charge is 0.261 e. The molecule has 0 spiro atoms. The summed E-state index contributed by atoms with van der Waals surface area (Å²) in [4.78, 5) is 27.8. The zero-order valence-electron chi connectivity index (χ0n) is 15.0. The fraction of sp³-hybridized carbons (Fsp3) is 0.471. The van der Waals surface area contributed by atoms with Gasteiger partial charge in [0.1, 0.15) is 0 Å². The van der Waals surface area contributed by atoms with Gasteiger partial charge < -0.3 is 5.32 Å². The molecule has 1 N–H and O–H groups in total. The lowest BCUT2D eigenvalue weighted by Gasteiger charge is -2.34. The first-order valence-electron chi connectivity index (χ1n) is 7.83. The lowest BCUT2D eigenvalue weighted by atomic mass is 9.74. The predicted molar refractivity (Wildman–Crippen MR) is 96.3 cm³/mol. The van der Waals surface area contributed by atoms with Gasteiger partial charge in [-0.3, -0.25) is 9.59 Å². The number of carbonyl (C=O) groups excluding carboxylic acids is 2. The summed E-state index contributed by atoms with van der Waals surface area (Å²) in [5.74, 6) is -0.841. The molecule has 2 aliphatic rings. The lowest BCUT2D eigenvalue weighted by molar-refractivity contribution is -0.118. The molecule has 8 heteroatoms. The van der Waals surface area contributed by atoms with Crippen molar-refractivity contribution in [3.05, 3.63) is 35.6 Å². The first-order valence-corrected chi connectivity index (χ1v) is 9.68. The molecule has 0 aromatic rings. The molecule has 0 bridgehead atoms. The maximum absolute atomic E-state index is 12.0. The number of sulfonamides is 1. The van der Waals surface area contributed by atoms with Crippen molar-refractivity contribution >= 4 is 27.5 Å². The Morgan fingerprint density at radius 2 is 1.96 bits per heavy atom. The summed E-state index contributed by atoms with van der Waals surface area (Å²) in [6.45, 7) is 5.79. The number of nitrogens with one attached hydrogen (secondary N) is 1. The number of likely N-dealkylation sites (N-methyl/N-ethyl adjacent to an activating group) is 1. The van der Waals surface area contributed by atoms with E-state index in [9.17, 15) is 18.0 Å². The van der Waals surface area contributed by atoms with Gasteiger partial charge in [0, 0.05) is 24.7 Å². The van der Waals surface area contributed by atoms with Gasteiger partial charge in [-0.1, -0.05) is 26.8 Å². The highest BCUT2D eigenvalue weighted by molar-refractivity contribution is 7.88. The molecule has 0 saturated heterocycles. The number of amides is 2. The second-order valence-corrected chi connectivity index (χ2v) is 9.31. The normalized spacial score (nSPS) is 22.4. The molecular formula is C17H23N3O4S. The standard InChI is InChI=1S/C17H23N3O4S/c1-17(2,3)13-9-15(21)19-14-8-11(6-7-12(13)14)18-16(22)10-20(4)25(5,23)24/h6-9,12H,10H2,1-5H3,(H,19,21). The third-order valence-corrected chi connectivity index (χ3v) is 5.29. The van der Waals surface area contributed by atoms with E-state index < -0.39 is 15.9 Å². The first kappa shape index (κ1) is 19.3. The van der Waals surface area contributed by atoms with Crippen LogP contribution in [-0.2, 0) is 19.6 Å². The third kappa shape index (κ3) is 4.73. The van der Waals surface area contributed by atoms with E-state index >= 15 is 0 Å². The van der Waals surface area contributed by atoms with Gasteiger partial charge in [0.2, 0.25) is 15.9 Å². The monoisotopic (exact) mass is 365 g/mol. The zero-order chi connectivity index (χ0) is 19.0. The summed E-state index contributed by atoms with van der Waals surface area (Å²) in [5, 5.41) is 2.78. The van der Waals surface area contributed by atoms with E-state index in [-0.39, 0.29) is 23.8 Å². The largest absolute Gasteiger partial charge is 0.325 e. The molecule has 1 aliphatic heterocycles. The number of fused-ring (bicyclic) bond motifs is 1. The van der Waals surface area contributed by atoms with Crippen molar-refractivity contribution in [3.63, 3.8) is 0 Å². The number of hydrogen-bond donors (Lipinski definition) is 1. The van der Waals surface area contributed by atoms with Crippen LogP contribution in [-0.4, -0.2) is 50.1 Å². The topological polar surface area (TPSA) is 95.9 Å². The van der Waals surface area contributed by atoms with Crippen molar-refractivity contribution in [2.24, 2.45) is 16.3 Å². The Morgan fingerprint density at radius 1 is 1.32 bits per heavy atom. The molecule has 0 saturated carbocycles. The molecule has 7 nitrogen and oxygen atoms in total. The lowest BCUT2D eigenvalue weighted by Crippen LogP contribution is -2.36. The quantitative estimate of drug-likeness (QED) is 0.807. The van der Waals surface area contributed by atoms with Crippen molar-refractivity contribution < 1.29 is 18.0 Å². The fourth-order valence-electron chi connectivity index (χ4n) is 2.63. The SMILES string of the molecule is CN(CC(=O)N=C1C=CC2C(=C1)NC(=O)C=C2C(C)(C)C)S(C)(=O)=O. The number of carbonyl (C=O) groups is 2. The van der Waals surface area contributed by atoms with Crippen LogP contribution >= 0.6 is 0 Å². The maximum atomic E-state index is 12.0. The Labute approximate surface area is 148 Å². The van der Waals surface area contributed by atoms with Gasteiger partial charge in [0.05, 0.1) is 18.5 Å². The molecule has 136 valence electrons. The van der Waals surface area contributed by atoms with E-state index in [1.54, 1.807) is 18.2 Å². The second-order valence-electron chi connectivity index (χ2n) is 7.22. The molecule has 2 amide bonds. The van der Waals surface area contributed by atoms with Crippen LogP contribution < -0.4 is 5.32 Å². The van der Waals surface area contributed by atoms with Gasteiger partial charge in [-0.05, 0) is 23.1 Å². The van der Waals surface area contributed by atoms with Gasteiger partial charge in [-0.2, -0.15) is 4.31 Å². The number of allylic oxidation sites excluding steroid dienone is 3. The van der Waals surface area contributed by atoms with Gasteiger partial charge in [0.15, 0.2) is 0 Å².